The van der Waals surface area contributed by atoms with Gasteiger partial charge in [-0.05, 0) is 42.3 Å². The molecule has 0 aliphatic carbocycles. The van der Waals surface area contributed by atoms with E-state index in [1.54, 1.807) is 13.1 Å². The van der Waals surface area contributed by atoms with Crippen molar-refractivity contribution < 1.29 is 9.53 Å². The van der Waals surface area contributed by atoms with Crippen molar-refractivity contribution in [3.05, 3.63) is 65.2 Å². The van der Waals surface area contributed by atoms with Gasteiger partial charge < -0.3 is 15.4 Å². The molecular weight excluding hydrogens is 300 g/mol. The number of carbonyl (C=O) groups excluding carboxylic acids is 1. The lowest BCUT2D eigenvalue weighted by Crippen LogP contribution is -2.20. The lowest BCUT2D eigenvalue weighted by atomic mass is 10.1. The highest BCUT2D eigenvalue weighted by Gasteiger charge is 2.07. The molecule has 0 saturated heterocycles. The molecular formula is C20H22N2O2. The first kappa shape index (κ1) is 17.6. The van der Waals surface area contributed by atoms with Gasteiger partial charge in [0.25, 0.3) is 5.91 Å². The molecule has 0 spiro atoms. The van der Waals surface area contributed by atoms with Crippen LogP contribution in [0.25, 0.3) is 0 Å². The highest BCUT2D eigenvalue weighted by molar-refractivity contribution is 5.94. The Kier molecular flexibility index (Phi) is 6.41. The van der Waals surface area contributed by atoms with Crippen molar-refractivity contribution in [3.63, 3.8) is 0 Å². The highest BCUT2D eigenvalue weighted by Crippen LogP contribution is 2.18. The van der Waals surface area contributed by atoms with Gasteiger partial charge in [0.2, 0.25) is 0 Å². The minimum atomic E-state index is -0.0764. The predicted octanol–water partition coefficient (Wildman–Crippen LogP) is 2.91. The molecule has 0 fully saturated rings. The molecule has 2 aromatic rings. The predicted molar refractivity (Wildman–Crippen MR) is 95.9 cm³/mol. The van der Waals surface area contributed by atoms with Crippen LogP contribution in [-0.4, -0.2) is 19.6 Å². The molecule has 2 aromatic carbocycles. The molecule has 0 aliphatic heterocycles. The average molecular weight is 322 g/mol. The third-order valence-electron chi connectivity index (χ3n) is 3.73. The quantitative estimate of drug-likeness (QED) is 0.771. The molecule has 2 N–H and O–H groups in total. The second kappa shape index (κ2) is 8.76. The molecule has 1 unspecified atom stereocenters. The van der Waals surface area contributed by atoms with Crippen LogP contribution in [0, 0.1) is 12.3 Å². The molecule has 1 atom stereocenters. The van der Waals surface area contributed by atoms with E-state index in [1.165, 1.54) is 0 Å². The van der Waals surface area contributed by atoms with Gasteiger partial charge in [-0.3, -0.25) is 4.79 Å². The van der Waals surface area contributed by atoms with Crippen LogP contribution < -0.4 is 15.4 Å². The largest absolute Gasteiger partial charge is 0.481 e. The standard InChI is InChI=1S/C20H22N2O2/c1-4-12-24-19-10-8-17(9-11-19)15(2)22-14-16-6-5-7-18(13-16)20(23)21-3/h1,5-11,13,15,22H,12,14H2,2-3H3,(H,21,23). The molecule has 0 aliphatic rings. The van der Waals surface area contributed by atoms with Crippen molar-refractivity contribution in [1.29, 1.82) is 0 Å². The molecule has 24 heavy (non-hydrogen) atoms. The average Bonchev–Trinajstić information content (AvgIpc) is 2.64. The highest BCUT2D eigenvalue weighted by atomic mass is 16.5. The van der Waals surface area contributed by atoms with Crippen molar-refractivity contribution in [3.8, 4) is 18.1 Å². The first-order valence-electron chi connectivity index (χ1n) is 7.84. The minimum absolute atomic E-state index is 0.0764. The van der Waals surface area contributed by atoms with Gasteiger partial charge in [0.1, 0.15) is 12.4 Å². The second-order valence-corrected chi connectivity index (χ2v) is 5.44. The summed E-state index contributed by atoms with van der Waals surface area (Å²) in [7, 11) is 1.63. The number of rotatable bonds is 7. The summed E-state index contributed by atoms with van der Waals surface area (Å²) < 4.78 is 5.37. The van der Waals surface area contributed by atoms with Crippen LogP contribution >= 0.6 is 0 Å². The molecule has 0 radical (unpaired) electrons. The van der Waals surface area contributed by atoms with Crippen LogP contribution in [0.1, 0.15) is 34.5 Å². The normalized spacial score (nSPS) is 11.4. The van der Waals surface area contributed by atoms with E-state index >= 15 is 0 Å². The molecule has 0 aromatic heterocycles. The number of nitrogens with one attached hydrogen (secondary N) is 2. The van der Waals surface area contributed by atoms with Gasteiger partial charge in [-0.25, -0.2) is 0 Å². The summed E-state index contributed by atoms with van der Waals surface area (Å²) in [5.74, 6) is 3.14. The topological polar surface area (TPSA) is 50.4 Å². The van der Waals surface area contributed by atoms with Gasteiger partial charge in [0.05, 0.1) is 0 Å². The summed E-state index contributed by atoms with van der Waals surface area (Å²) in [6, 6.07) is 15.6. The van der Waals surface area contributed by atoms with Gasteiger partial charge in [-0.2, -0.15) is 0 Å². The second-order valence-electron chi connectivity index (χ2n) is 5.44. The molecule has 0 heterocycles. The first-order chi connectivity index (χ1) is 11.6. The molecule has 0 bridgehead atoms. The minimum Gasteiger partial charge on any atom is -0.481 e. The lowest BCUT2D eigenvalue weighted by molar-refractivity contribution is 0.0963. The molecule has 124 valence electrons. The summed E-state index contributed by atoms with van der Waals surface area (Å²) in [5, 5.41) is 6.09. The van der Waals surface area contributed by atoms with E-state index in [0.717, 1.165) is 16.9 Å². The Morgan fingerprint density at radius 1 is 1.25 bits per heavy atom. The van der Waals surface area contributed by atoms with E-state index in [2.05, 4.69) is 23.5 Å². The van der Waals surface area contributed by atoms with Crippen LogP contribution in [0.15, 0.2) is 48.5 Å². The maximum atomic E-state index is 11.7. The van der Waals surface area contributed by atoms with Gasteiger partial charge in [-0.15, -0.1) is 6.42 Å². The first-order valence-corrected chi connectivity index (χ1v) is 7.84. The van der Waals surface area contributed by atoms with E-state index < -0.39 is 0 Å². The lowest BCUT2D eigenvalue weighted by Gasteiger charge is -2.15. The maximum Gasteiger partial charge on any atom is 0.251 e. The fourth-order valence-corrected chi connectivity index (χ4v) is 2.33. The monoisotopic (exact) mass is 322 g/mol. The Hall–Kier alpha value is -2.77. The van der Waals surface area contributed by atoms with Crippen molar-refractivity contribution in [1.82, 2.24) is 10.6 Å². The number of hydrogen-bond acceptors (Lipinski definition) is 3. The number of benzene rings is 2. The van der Waals surface area contributed by atoms with E-state index in [9.17, 15) is 4.79 Å². The van der Waals surface area contributed by atoms with Crippen molar-refractivity contribution in [2.75, 3.05) is 13.7 Å². The van der Waals surface area contributed by atoms with Crippen molar-refractivity contribution >= 4 is 5.91 Å². The van der Waals surface area contributed by atoms with Crippen LogP contribution in [0.5, 0.6) is 5.75 Å². The Morgan fingerprint density at radius 3 is 2.67 bits per heavy atom. The van der Waals surface area contributed by atoms with E-state index in [0.29, 0.717) is 12.1 Å². The number of ether oxygens (including phenoxy) is 1. The third-order valence-corrected chi connectivity index (χ3v) is 3.73. The van der Waals surface area contributed by atoms with Crippen LogP contribution in [-0.2, 0) is 6.54 Å². The van der Waals surface area contributed by atoms with Gasteiger partial charge in [-0.1, -0.05) is 30.2 Å². The van der Waals surface area contributed by atoms with Gasteiger partial charge >= 0.3 is 0 Å². The zero-order chi connectivity index (χ0) is 17.4. The van der Waals surface area contributed by atoms with Crippen LogP contribution in [0.2, 0.25) is 0 Å². The Balaban J connectivity index is 1.94. The van der Waals surface area contributed by atoms with E-state index in [4.69, 9.17) is 11.2 Å². The molecule has 0 saturated carbocycles. The molecule has 2 rings (SSSR count). The van der Waals surface area contributed by atoms with Crippen molar-refractivity contribution in [2.45, 2.75) is 19.5 Å². The molecule has 1 amide bonds. The molecule has 4 nitrogen and oxygen atoms in total. The number of amides is 1. The van der Waals surface area contributed by atoms with Crippen LogP contribution in [0.4, 0.5) is 0 Å². The summed E-state index contributed by atoms with van der Waals surface area (Å²) >= 11 is 0. The fraction of sp³-hybridized carbons (Fsp3) is 0.250. The SMILES string of the molecule is C#CCOc1ccc(C(C)NCc2cccc(C(=O)NC)c2)cc1. The Bertz CT molecular complexity index is 717. The smallest absolute Gasteiger partial charge is 0.251 e. The fourth-order valence-electron chi connectivity index (χ4n) is 2.33. The van der Waals surface area contributed by atoms with Crippen LogP contribution in [0.3, 0.4) is 0 Å². The summed E-state index contributed by atoms with van der Waals surface area (Å²) in [6.07, 6.45) is 5.18. The van der Waals surface area contributed by atoms with E-state index in [-0.39, 0.29) is 18.6 Å². The van der Waals surface area contributed by atoms with Gasteiger partial charge in [0.15, 0.2) is 0 Å². The summed E-state index contributed by atoms with van der Waals surface area (Å²) in [6.45, 7) is 3.05. The molecule has 4 heteroatoms. The van der Waals surface area contributed by atoms with Crippen molar-refractivity contribution in [2.24, 2.45) is 0 Å². The number of carbonyl (C=O) groups is 1. The summed E-state index contributed by atoms with van der Waals surface area (Å²) in [5.41, 5.74) is 2.89. The maximum absolute atomic E-state index is 11.7. The number of terminal acetylenes is 1. The Morgan fingerprint density at radius 2 is 2.00 bits per heavy atom. The number of hydrogen-bond donors (Lipinski definition) is 2. The third kappa shape index (κ3) is 4.87. The van der Waals surface area contributed by atoms with E-state index in [1.807, 2.05) is 42.5 Å². The van der Waals surface area contributed by atoms with Gasteiger partial charge in [0, 0.05) is 25.2 Å². The Labute approximate surface area is 143 Å². The summed E-state index contributed by atoms with van der Waals surface area (Å²) in [4.78, 5) is 11.7. The zero-order valence-electron chi connectivity index (χ0n) is 14.0. The zero-order valence-corrected chi connectivity index (χ0v) is 14.0.